The molecule has 0 aliphatic heterocycles. The highest BCUT2D eigenvalue weighted by Gasteiger charge is 2.07. The Morgan fingerprint density at radius 3 is 2.53 bits per heavy atom. The molecule has 0 aliphatic rings. The van der Waals surface area contributed by atoms with E-state index in [9.17, 15) is 4.79 Å². The van der Waals surface area contributed by atoms with E-state index < -0.39 is 0 Å². The number of Topliss-reactive ketones (excluding diaryl/α,β-unsaturated/α-hetero) is 1. The second-order valence-corrected chi connectivity index (χ2v) is 4.87. The van der Waals surface area contributed by atoms with Crippen molar-refractivity contribution < 1.29 is 9.53 Å². The van der Waals surface area contributed by atoms with Gasteiger partial charge in [-0.3, -0.25) is 4.79 Å². The minimum absolute atomic E-state index is 0.0812. The Balaban J connectivity index is 2.07. The molecule has 0 fully saturated rings. The molecule has 19 heavy (non-hydrogen) atoms. The lowest BCUT2D eigenvalue weighted by molar-refractivity contribution is 0.102. The number of halogens is 1. The number of hydrogen-bond donors (Lipinski definition) is 0. The first-order chi connectivity index (χ1) is 9.20. The summed E-state index contributed by atoms with van der Waals surface area (Å²) in [4.78, 5) is 11.6. The Hall–Kier alpha value is -1.61. The summed E-state index contributed by atoms with van der Waals surface area (Å²) in [7, 11) is 0. The van der Waals surface area contributed by atoms with Gasteiger partial charge in [-0.1, -0.05) is 46.3 Å². The number of benzene rings is 2. The smallest absolute Gasteiger partial charge is 0.173 e. The summed E-state index contributed by atoms with van der Waals surface area (Å²) in [5.41, 5.74) is 2.81. The number of rotatable bonds is 5. The second kappa shape index (κ2) is 6.53. The fourth-order valence-corrected chi connectivity index (χ4v) is 2.12. The van der Waals surface area contributed by atoms with E-state index in [1.54, 1.807) is 6.07 Å². The predicted octanol–water partition coefficient (Wildman–Crippen LogP) is 4.15. The van der Waals surface area contributed by atoms with Crippen molar-refractivity contribution in [3.05, 3.63) is 65.2 Å². The van der Waals surface area contributed by atoms with Crippen LogP contribution in [-0.2, 0) is 6.61 Å². The van der Waals surface area contributed by atoms with Gasteiger partial charge in [-0.15, -0.1) is 0 Å². The number of carbonyl (C=O) groups excluding carboxylic acids is 1. The summed E-state index contributed by atoms with van der Waals surface area (Å²) in [5, 5.41) is 0.344. The standard InChI is InChI=1S/C16H15BrO2/c1-12-9-14(15(18)10-17)7-8-16(12)19-11-13-5-3-2-4-6-13/h2-9H,10-11H2,1H3. The molecule has 0 spiro atoms. The van der Waals surface area contributed by atoms with E-state index in [1.165, 1.54) is 0 Å². The number of ether oxygens (including phenoxy) is 1. The van der Waals surface area contributed by atoms with Crippen LogP contribution in [0.2, 0.25) is 0 Å². The van der Waals surface area contributed by atoms with Crippen molar-refractivity contribution in [3.63, 3.8) is 0 Å². The van der Waals surface area contributed by atoms with Gasteiger partial charge in [-0.2, -0.15) is 0 Å². The molecular weight excluding hydrogens is 304 g/mol. The van der Waals surface area contributed by atoms with E-state index >= 15 is 0 Å². The molecule has 0 unspecified atom stereocenters. The van der Waals surface area contributed by atoms with Gasteiger partial charge in [0, 0.05) is 5.56 Å². The first kappa shape index (κ1) is 13.8. The maximum absolute atomic E-state index is 11.6. The first-order valence-corrected chi connectivity index (χ1v) is 7.19. The summed E-state index contributed by atoms with van der Waals surface area (Å²) < 4.78 is 5.77. The van der Waals surface area contributed by atoms with Crippen LogP contribution < -0.4 is 4.74 Å². The van der Waals surface area contributed by atoms with Crippen molar-refractivity contribution >= 4 is 21.7 Å². The lowest BCUT2D eigenvalue weighted by Gasteiger charge is -2.10. The van der Waals surface area contributed by atoms with E-state index in [0.29, 0.717) is 17.5 Å². The summed E-state index contributed by atoms with van der Waals surface area (Å²) in [6, 6.07) is 15.5. The van der Waals surface area contributed by atoms with Crippen molar-refractivity contribution in [3.8, 4) is 5.75 Å². The highest BCUT2D eigenvalue weighted by molar-refractivity contribution is 9.09. The van der Waals surface area contributed by atoms with Crippen molar-refractivity contribution in [1.82, 2.24) is 0 Å². The normalized spacial score (nSPS) is 10.2. The quantitative estimate of drug-likeness (QED) is 0.611. The van der Waals surface area contributed by atoms with Crippen LogP contribution >= 0.6 is 15.9 Å². The van der Waals surface area contributed by atoms with Gasteiger partial charge >= 0.3 is 0 Å². The molecule has 2 rings (SSSR count). The molecule has 0 atom stereocenters. The number of carbonyl (C=O) groups is 1. The van der Waals surface area contributed by atoms with Crippen molar-refractivity contribution in [2.45, 2.75) is 13.5 Å². The van der Waals surface area contributed by atoms with Crippen LogP contribution in [0.3, 0.4) is 0 Å². The molecule has 0 bridgehead atoms. The van der Waals surface area contributed by atoms with E-state index in [0.717, 1.165) is 16.9 Å². The molecule has 0 aromatic heterocycles. The number of ketones is 1. The molecule has 98 valence electrons. The Bertz CT molecular complexity index is 564. The molecule has 2 aromatic carbocycles. The van der Waals surface area contributed by atoms with E-state index in [1.807, 2.05) is 49.4 Å². The molecule has 0 amide bonds. The minimum atomic E-state index is 0.0812. The molecule has 0 radical (unpaired) electrons. The van der Waals surface area contributed by atoms with Crippen LogP contribution in [0.25, 0.3) is 0 Å². The van der Waals surface area contributed by atoms with Crippen LogP contribution in [0.1, 0.15) is 21.5 Å². The highest BCUT2D eigenvalue weighted by Crippen LogP contribution is 2.21. The van der Waals surface area contributed by atoms with Crippen LogP contribution in [0.5, 0.6) is 5.75 Å². The summed E-state index contributed by atoms with van der Waals surface area (Å²) >= 11 is 3.18. The third-order valence-electron chi connectivity index (χ3n) is 2.86. The van der Waals surface area contributed by atoms with Crippen LogP contribution in [0.15, 0.2) is 48.5 Å². The van der Waals surface area contributed by atoms with Crippen LogP contribution in [-0.4, -0.2) is 11.1 Å². The second-order valence-electron chi connectivity index (χ2n) is 4.31. The van der Waals surface area contributed by atoms with Gasteiger partial charge in [0.05, 0.1) is 5.33 Å². The first-order valence-electron chi connectivity index (χ1n) is 6.07. The molecule has 2 nitrogen and oxygen atoms in total. The average molecular weight is 319 g/mol. The zero-order valence-electron chi connectivity index (χ0n) is 10.7. The Kier molecular flexibility index (Phi) is 4.74. The molecule has 2 aromatic rings. The fourth-order valence-electron chi connectivity index (χ4n) is 1.80. The Labute approximate surface area is 121 Å². The molecule has 0 heterocycles. The molecule has 0 saturated heterocycles. The van der Waals surface area contributed by atoms with Crippen LogP contribution in [0, 0.1) is 6.92 Å². The zero-order chi connectivity index (χ0) is 13.7. The van der Waals surface area contributed by atoms with Gasteiger partial charge in [0.15, 0.2) is 5.78 Å². The Morgan fingerprint density at radius 2 is 1.89 bits per heavy atom. The third kappa shape index (κ3) is 3.67. The van der Waals surface area contributed by atoms with Gasteiger partial charge in [0.2, 0.25) is 0 Å². The molecular formula is C16H15BrO2. The molecule has 0 aliphatic carbocycles. The molecule has 3 heteroatoms. The van der Waals surface area contributed by atoms with E-state index in [-0.39, 0.29) is 5.78 Å². The lowest BCUT2D eigenvalue weighted by atomic mass is 10.1. The minimum Gasteiger partial charge on any atom is -0.489 e. The number of alkyl halides is 1. The SMILES string of the molecule is Cc1cc(C(=O)CBr)ccc1OCc1ccccc1. The Morgan fingerprint density at radius 1 is 1.16 bits per heavy atom. The van der Waals surface area contributed by atoms with Gasteiger partial charge in [-0.25, -0.2) is 0 Å². The predicted molar refractivity (Wildman–Crippen MR) is 80.1 cm³/mol. The van der Waals surface area contributed by atoms with E-state index in [4.69, 9.17) is 4.74 Å². The summed E-state index contributed by atoms with van der Waals surface area (Å²) in [5.74, 6) is 0.896. The fraction of sp³-hybridized carbons (Fsp3) is 0.188. The highest BCUT2D eigenvalue weighted by atomic mass is 79.9. The van der Waals surface area contributed by atoms with Gasteiger partial charge in [-0.05, 0) is 36.2 Å². The summed E-state index contributed by atoms with van der Waals surface area (Å²) in [6.45, 7) is 2.48. The van der Waals surface area contributed by atoms with Gasteiger partial charge in [0.1, 0.15) is 12.4 Å². The monoisotopic (exact) mass is 318 g/mol. The van der Waals surface area contributed by atoms with Crippen molar-refractivity contribution in [2.75, 3.05) is 5.33 Å². The van der Waals surface area contributed by atoms with E-state index in [2.05, 4.69) is 15.9 Å². The maximum atomic E-state index is 11.6. The third-order valence-corrected chi connectivity index (χ3v) is 3.36. The largest absolute Gasteiger partial charge is 0.489 e. The lowest BCUT2D eigenvalue weighted by Crippen LogP contribution is -2.02. The van der Waals surface area contributed by atoms with Crippen LogP contribution in [0.4, 0.5) is 0 Å². The molecule has 0 saturated carbocycles. The average Bonchev–Trinajstić information content (AvgIpc) is 2.46. The van der Waals surface area contributed by atoms with Crippen molar-refractivity contribution in [2.24, 2.45) is 0 Å². The van der Waals surface area contributed by atoms with Crippen molar-refractivity contribution in [1.29, 1.82) is 0 Å². The number of aryl methyl sites for hydroxylation is 1. The zero-order valence-corrected chi connectivity index (χ0v) is 12.3. The van der Waals surface area contributed by atoms with Gasteiger partial charge in [0.25, 0.3) is 0 Å². The number of hydrogen-bond acceptors (Lipinski definition) is 2. The van der Waals surface area contributed by atoms with Gasteiger partial charge < -0.3 is 4.74 Å². The molecule has 0 N–H and O–H groups in total. The topological polar surface area (TPSA) is 26.3 Å². The maximum Gasteiger partial charge on any atom is 0.173 e. The summed E-state index contributed by atoms with van der Waals surface area (Å²) in [6.07, 6.45) is 0.